The molecular weight excluding hydrogens is 268 g/mol. The molecule has 3 nitrogen and oxygen atoms in total. The molecule has 0 aromatic rings. The zero-order valence-corrected chi connectivity index (χ0v) is 15.6. The first-order valence-electron chi connectivity index (χ1n) is 7.76. The van der Waals surface area contributed by atoms with E-state index in [1.54, 1.807) is 0 Å². The Morgan fingerprint density at radius 1 is 1.15 bits per heavy atom. The van der Waals surface area contributed by atoms with Crippen molar-refractivity contribution < 1.29 is 14.3 Å². The molecule has 0 aliphatic carbocycles. The summed E-state index contributed by atoms with van der Waals surface area (Å²) in [5, 5.41) is 9.04. The summed E-state index contributed by atoms with van der Waals surface area (Å²) in [7, 11) is -1.75. The van der Waals surface area contributed by atoms with Crippen molar-refractivity contribution in [3.63, 3.8) is 0 Å². The molecule has 0 radical (unpaired) electrons. The van der Waals surface area contributed by atoms with Gasteiger partial charge in [0, 0.05) is 12.5 Å². The Morgan fingerprint density at radius 2 is 1.65 bits per heavy atom. The zero-order chi connectivity index (χ0) is 16.1. The van der Waals surface area contributed by atoms with Crippen molar-refractivity contribution in [1.82, 2.24) is 0 Å². The van der Waals surface area contributed by atoms with Crippen LogP contribution in [0.3, 0.4) is 0 Å². The van der Waals surface area contributed by atoms with E-state index >= 15 is 0 Å². The van der Waals surface area contributed by atoms with Crippen LogP contribution in [0, 0.1) is 11.8 Å². The predicted molar refractivity (Wildman–Crippen MR) is 87.6 cm³/mol. The van der Waals surface area contributed by atoms with Crippen LogP contribution in [0.15, 0.2) is 0 Å². The van der Waals surface area contributed by atoms with Crippen LogP contribution in [0.2, 0.25) is 18.1 Å². The average Bonchev–Trinajstić information content (AvgIpc) is 2.20. The molecule has 0 heterocycles. The highest BCUT2D eigenvalue weighted by Crippen LogP contribution is 2.38. The Kier molecular flexibility index (Phi) is 7.46. The SMILES string of the molecule is CC(C)[C@H](CC[C@@H](C)CC(=O)O)O[Si](C)(C)C(C)(C)C. The fraction of sp³-hybridized carbons (Fsp3) is 0.938. The van der Waals surface area contributed by atoms with E-state index in [2.05, 4.69) is 47.7 Å². The maximum Gasteiger partial charge on any atom is 0.303 e. The fourth-order valence-corrected chi connectivity index (χ4v) is 3.43. The number of carboxylic acids is 1. The fourth-order valence-electron chi connectivity index (χ4n) is 1.93. The van der Waals surface area contributed by atoms with E-state index in [4.69, 9.17) is 9.53 Å². The lowest BCUT2D eigenvalue weighted by Gasteiger charge is -2.40. The molecule has 0 saturated carbocycles. The van der Waals surface area contributed by atoms with Crippen LogP contribution in [0.5, 0.6) is 0 Å². The van der Waals surface area contributed by atoms with Crippen molar-refractivity contribution in [2.75, 3.05) is 0 Å². The highest BCUT2D eigenvalue weighted by molar-refractivity contribution is 6.74. The van der Waals surface area contributed by atoms with Crippen LogP contribution in [-0.4, -0.2) is 25.5 Å². The largest absolute Gasteiger partial charge is 0.481 e. The summed E-state index contributed by atoms with van der Waals surface area (Å²) in [5.74, 6) is -0.0122. The summed E-state index contributed by atoms with van der Waals surface area (Å²) in [5.41, 5.74) is 0. The monoisotopic (exact) mass is 302 g/mol. The Labute approximate surface area is 126 Å². The van der Waals surface area contributed by atoms with E-state index in [0.717, 1.165) is 12.8 Å². The number of rotatable bonds is 8. The highest BCUT2D eigenvalue weighted by atomic mass is 28.4. The highest BCUT2D eigenvalue weighted by Gasteiger charge is 2.39. The minimum atomic E-state index is -1.75. The van der Waals surface area contributed by atoms with Crippen LogP contribution < -0.4 is 0 Å². The third kappa shape index (κ3) is 6.89. The summed E-state index contributed by atoms with van der Waals surface area (Å²) in [6.07, 6.45) is 2.37. The van der Waals surface area contributed by atoms with Gasteiger partial charge in [-0.25, -0.2) is 0 Å². The van der Waals surface area contributed by atoms with E-state index in [-0.39, 0.29) is 23.5 Å². The van der Waals surface area contributed by atoms with Crippen LogP contribution in [-0.2, 0) is 9.22 Å². The Morgan fingerprint density at radius 3 is 2.00 bits per heavy atom. The third-order valence-electron chi connectivity index (χ3n) is 4.46. The Hall–Kier alpha value is -0.353. The molecule has 2 atom stereocenters. The van der Waals surface area contributed by atoms with Crippen molar-refractivity contribution >= 4 is 14.3 Å². The van der Waals surface area contributed by atoms with Crippen LogP contribution in [0.4, 0.5) is 0 Å². The van der Waals surface area contributed by atoms with Crippen molar-refractivity contribution in [3.8, 4) is 0 Å². The van der Waals surface area contributed by atoms with Gasteiger partial charge < -0.3 is 9.53 Å². The van der Waals surface area contributed by atoms with Crippen molar-refractivity contribution in [2.45, 2.75) is 85.0 Å². The van der Waals surface area contributed by atoms with Gasteiger partial charge in [0.15, 0.2) is 8.32 Å². The molecule has 0 spiro atoms. The third-order valence-corrected chi connectivity index (χ3v) is 8.97. The van der Waals surface area contributed by atoms with E-state index in [9.17, 15) is 4.79 Å². The van der Waals surface area contributed by atoms with Gasteiger partial charge in [0.1, 0.15) is 0 Å². The predicted octanol–water partition coefficient (Wildman–Crippen LogP) is 4.92. The van der Waals surface area contributed by atoms with Gasteiger partial charge in [-0.2, -0.15) is 0 Å². The molecule has 0 saturated heterocycles. The van der Waals surface area contributed by atoms with Crippen LogP contribution in [0.25, 0.3) is 0 Å². The minimum Gasteiger partial charge on any atom is -0.481 e. The van der Waals surface area contributed by atoms with E-state index in [1.165, 1.54) is 0 Å². The van der Waals surface area contributed by atoms with Crippen LogP contribution in [0.1, 0.15) is 60.8 Å². The summed E-state index contributed by atoms with van der Waals surface area (Å²) < 4.78 is 6.51. The molecule has 0 bridgehead atoms. The molecule has 1 N–H and O–H groups in total. The number of hydrogen-bond acceptors (Lipinski definition) is 2. The first-order valence-corrected chi connectivity index (χ1v) is 10.7. The molecule has 0 aliphatic rings. The summed E-state index contributed by atoms with van der Waals surface area (Å²) in [4.78, 5) is 10.7. The molecule has 0 unspecified atom stereocenters. The van der Waals surface area contributed by atoms with Crippen molar-refractivity contribution in [2.24, 2.45) is 11.8 Å². The minimum absolute atomic E-state index is 0.215. The quantitative estimate of drug-likeness (QED) is 0.647. The lowest BCUT2D eigenvalue weighted by atomic mass is 9.95. The second-order valence-corrected chi connectivity index (χ2v) is 12.7. The molecule has 120 valence electrons. The average molecular weight is 303 g/mol. The first-order chi connectivity index (χ1) is 8.86. The Bertz CT molecular complexity index is 305. The number of carboxylic acid groups (broad SMARTS) is 1. The molecule has 0 aromatic carbocycles. The normalized spacial score (nSPS) is 16.2. The molecule has 0 rings (SSSR count). The van der Waals surface area contributed by atoms with Crippen molar-refractivity contribution in [1.29, 1.82) is 0 Å². The second kappa shape index (κ2) is 7.60. The summed E-state index contributed by atoms with van der Waals surface area (Å²) in [6, 6.07) is 0. The topological polar surface area (TPSA) is 46.5 Å². The zero-order valence-electron chi connectivity index (χ0n) is 14.6. The number of hydrogen-bond donors (Lipinski definition) is 1. The van der Waals surface area contributed by atoms with Gasteiger partial charge in [-0.3, -0.25) is 4.79 Å². The van der Waals surface area contributed by atoms with Crippen molar-refractivity contribution in [3.05, 3.63) is 0 Å². The molecule has 4 heteroatoms. The first kappa shape index (κ1) is 19.6. The molecule has 20 heavy (non-hydrogen) atoms. The molecule has 0 aliphatic heterocycles. The maximum absolute atomic E-state index is 10.7. The lowest BCUT2D eigenvalue weighted by Crippen LogP contribution is -2.45. The lowest BCUT2D eigenvalue weighted by molar-refractivity contribution is -0.138. The van der Waals surface area contributed by atoms with Crippen LogP contribution >= 0.6 is 0 Å². The molecular formula is C16H34O3Si. The van der Waals surface area contributed by atoms with Gasteiger partial charge in [0.05, 0.1) is 0 Å². The van der Waals surface area contributed by atoms with Gasteiger partial charge in [-0.05, 0) is 42.8 Å². The molecule has 0 amide bonds. The molecule has 0 fully saturated rings. The Balaban J connectivity index is 4.56. The van der Waals surface area contributed by atoms with Gasteiger partial charge in [0.25, 0.3) is 0 Å². The van der Waals surface area contributed by atoms with Gasteiger partial charge in [0.2, 0.25) is 0 Å². The van der Waals surface area contributed by atoms with E-state index in [1.807, 2.05) is 6.92 Å². The summed E-state index contributed by atoms with van der Waals surface area (Å²) >= 11 is 0. The standard InChI is InChI=1S/C16H34O3Si/c1-12(2)14(10-9-13(3)11-15(17)18)19-20(7,8)16(4,5)6/h12-14H,9-11H2,1-8H3,(H,17,18)/t13-,14+/m1/s1. The maximum atomic E-state index is 10.7. The number of aliphatic carboxylic acids is 1. The molecule has 0 aromatic heterocycles. The van der Waals surface area contributed by atoms with E-state index < -0.39 is 14.3 Å². The smallest absolute Gasteiger partial charge is 0.303 e. The summed E-state index contributed by atoms with van der Waals surface area (Å²) in [6.45, 7) is 17.7. The van der Waals surface area contributed by atoms with Gasteiger partial charge in [-0.1, -0.05) is 41.5 Å². The number of carbonyl (C=O) groups is 1. The van der Waals surface area contributed by atoms with E-state index in [0.29, 0.717) is 5.92 Å². The van der Waals surface area contributed by atoms with Gasteiger partial charge in [-0.15, -0.1) is 0 Å². The second-order valence-electron chi connectivity index (χ2n) is 7.94. The van der Waals surface area contributed by atoms with Gasteiger partial charge >= 0.3 is 5.97 Å².